The van der Waals surface area contributed by atoms with E-state index in [-0.39, 0.29) is 16.8 Å². The lowest BCUT2D eigenvalue weighted by Crippen LogP contribution is -2.48. The van der Waals surface area contributed by atoms with Crippen molar-refractivity contribution in [2.45, 2.75) is 62.8 Å². The smallest absolute Gasteiger partial charge is 0.227 e. The van der Waals surface area contributed by atoms with Gasteiger partial charge >= 0.3 is 0 Å². The highest BCUT2D eigenvalue weighted by atomic mass is 123. The third-order valence-corrected chi connectivity index (χ3v) is 9.75. The molecule has 3 aromatic rings. The van der Waals surface area contributed by atoms with E-state index in [2.05, 4.69) is 94.8 Å². The molecule has 214 valence electrons. The minimum absolute atomic E-state index is 0.130. The van der Waals surface area contributed by atoms with Gasteiger partial charge in [-0.25, -0.2) is 8.42 Å². The summed E-state index contributed by atoms with van der Waals surface area (Å²) >= 11 is 2.40. The standard InChI is InChI=1S/C33H41IN2O3S/c1-4-19-36(33(37)23-26-10-14-31(15-11-26)40(3,38)39)30-16-20-35(21-17-30)22-18-32(27-12-8-25(2)9-13-27)28-6-5-7-29(34)24-28/h5-15,24,30,32H,4,16-23H2,1-3H3/t32-/m1/s1/i34-4. The molecule has 0 spiro atoms. The van der Waals surface area contributed by atoms with Gasteiger partial charge in [-0.1, -0.05) is 61.0 Å². The third kappa shape index (κ3) is 8.40. The number of nitrogens with zero attached hydrogens (tertiary/aromatic N) is 2. The van der Waals surface area contributed by atoms with Crippen molar-refractivity contribution < 1.29 is 13.2 Å². The molecule has 4 rings (SSSR count). The Balaban J connectivity index is 1.36. The van der Waals surface area contributed by atoms with Crippen LogP contribution in [-0.2, 0) is 21.1 Å². The molecule has 1 fully saturated rings. The molecule has 0 aromatic heterocycles. The van der Waals surface area contributed by atoms with E-state index in [1.165, 1.54) is 26.5 Å². The van der Waals surface area contributed by atoms with Gasteiger partial charge in [0, 0.05) is 41.4 Å². The summed E-state index contributed by atoms with van der Waals surface area (Å²) < 4.78 is 24.8. The van der Waals surface area contributed by atoms with Crippen molar-refractivity contribution in [3.63, 3.8) is 0 Å². The normalized spacial score (nSPS) is 15.6. The van der Waals surface area contributed by atoms with Gasteiger partial charge in [0.25, 0.3) is 0 Å². The minimum atomic E-state index is -3.24. The maximum Gasteiger partial charge on any atom is 0.227 e. The molecule has 1 amide bonds. The summed E-state index contributed by atoms with van der Waals surface area (Å²) in [5, 5.41) is 0. The van der Waals surface area contributed by atoms with Gasteiger partial charge in [-0.3, -0.25) is 4.79 Å². The van der Waals surface area contributed by atoms with Gasteiger partial charge in [0.15, 0.2) is 9.84 Å². The number of piperidine rings is 1. The quantitative estimate of drug-likeness (QED) is 0.220. The Morgan fingerprint density at radius 2 is 1.68 bits per heavy atom. The van der Waals surface area contributed by atoms with Gasteiger partial charge in [0.05, 0.1) is 11.3 Å². The summed E-state index contributed by atoms with van der Waals surface area (Å²) in [4.78, 5) is 18.3. The molecule has 1 atom stereocenters. The molecule has 0 saturated carbocycles. The number of carbonyl (C=O) groups is 1. The molecule has 7 heteroatoms. The van der Waals surface area contributed by atoms with Crippen molar-refractivity contribution in [3.05, 3.63) is 98.6 Å². The van der Waals surface area contributed by atoms with Crippen LogP contribution < -0.4 is 0 Å². The van der Waals surface area contributed by atoms with E-state index in [0.29, 0.717) is 12.3 Å². The first-order valence-electron chi connectivity index (χ1n) is 14.3. The van der Waals surface area contributed by atoms with E-state index in [9.17, 15) is 13.2 Å². The van der Waals surface area contributed by atoms with Crippen molar-refractivity contribution in [3.8, 4) is 0 Å². The monoisotopic (exact) mass is 668 g/mol. The third-order valence-electron chi connectivity index (χ3n) is 7.95. The zero-order chi connectivity index (χ0) is 28.7. The largest absolute Gasteiger partial charge is 0.339 e. The SMILES string of the molecule is CCCN(C(=O)Cc1ccc(S(C)(=O)=O)cc1)C1CCN(CC[C@H](c2ccc(C)cc2)c2cccc([123I])c2)CC1. The van der Waals surface area contributed by atoms with Crippen LogP contribution in [0, 0.1) is 10.5 Å². The number of hydrogen-bond donors (Lipinski definition) is 0. The van der Waals surface area contributed by atoms with Crippen LogP contribution >= 0.6 is 22.6 Å². The Morgan fingerprint density at radius 3 is 2.27 bits per heavy atom. The Labute approximate surface area is 254 Å². The number of aryl methyl sites for hydroxylation is 1. The van der Waals surface area contributed by atoms with Crippen molar-refractivity contribution in [2.75, 3.05) is 32.4 Å². The molecule has 1 heterocycles. The number of rotatable bonds is 11. The molecule has 0 N–H and O–H groups in total. The number of halogens is 1. The highest BCUT2D eigenvalue weighted by molar-refractivity contribution is 14.1. The predicted octanol–water partition coefficient (Wildman–Crippen LogP) is 6.47. The first-order chi connectivity index (χ1) is 19.1. The lowest BCUT2D eigenvalue weighted by Gasteiger charge is -2.39. The van der Waals surface area contributed by atoms with Crippen LogP contribution in [0.2, 0.25) is 0 Å². The second-order valence-corrected chi connectivity index (χ2v) is 14.3. The molecular formula is C33H41IN2O3S. The molecule has 40 heavy (non-hydrogen) atoms. The van der Waals surface area contributed by atoms with Crippen LogP contribution in [0.4, 0.5) is 0 Å². The zero-order valence-electron chi connectivity index (χ0n) is 23.9. The molecular weight excluding hydrogens is 627 g/mol. The summed E-state index contributed by atoms with van der Waals surface area (Å²) in [5.41, 5.74) is 4.87. The lowest BCUT2D eigenvalue weighted by molar-refractivity contribution is -0.133. The van der Waals surface area contributed by atoms with Crippen molar-refractivity contribution in [1.82, 2.24) is 9.80 Å². The van der Waals surface area contributed by atoms with Gasteiger partial charge in [-0.15, -0.1) is 0 Å². The molecule has 0 aliphatic carbocycles. The summed E-state index contributed by atoms with van der Waals surface area (Å²) in [7, 11) is -3.24. The summed E-state index contributed by atoms with van der Waals surface area (Å²) in [6.45, 7) is 8.03. The average Bonchev–Trinajstić information content (AvgIpc) is 2.93. The maximum atomic E-state index is 13.3. The molecule has 5 nitrogen and oxygen atoms in total. The van der Waals surface area contributed by atoms with Crippen molar-refractivity contribution in [1.29, 1.82) is 0 Å². The Hall–Kier alpha value is -2.23. The Bertz CT molecular complexity index is 1370. The molecule has 1 aliphatic rings. The first kappa shape index (κ1) is 30.7. The highest BCUT2D eigenvalue weighted by Crippen LogP contribution is 2.30. The zero-order valence-corrected chi connectivity index (χ0v) is 26.8. The number of hydrogen-bond acceptors (Lipinski definition) is 4. The summed E-state index contributed by atoms with van der Waals surface area (Å²) in [6.07, 6.45) is 5.46. The van der Waals surface area contributed by atoms with Crippen LogP contribution in [0.25, 0.3) is 0 Å². The fourth-order valence-corrected chi connectivity index (χ4v) is 6.89. The van der Waals surface area contributed by atoms with Crippen LogP contribution in [0.1, 0.15) is 60.8 Å². The molecule has 1 aliphatic heterocycles. The Kier molecular flexibility index (Phi) is 10.8. The van der Waals surface area contributed by atoms with Crippen molar-refractivity contribution in [2.24, 2.45) is 0 Å². The lowest BCUT2D eigenvalue weighted by atomic mass is 9.87. The second-order valence-electron chi connectivity index (χ2n) is 11.1. The number of sulfone groups is 1. The number of likely N-dealkylation sites (tertiary alicyclic amines) is 1. The van der Waals surface area contributed by atoms with E-state index in [1.807, 2.05) is 0 Å². The van der Waals surface area contributed by atoms with Crippen molar-refractivity contribution >= 4 is 38.3 Å². The van der Waals surface area contributed by atoms with Gasteiger partial charge in [-0.05, 0) is 103 Å². The summed E-state index contributed by atoms with van der Waals surface area (Å²) in [5.74, 6) is 0.491. The number of amides is 1. The average molecular weight is 669 g/mol. The molecule has 3 aromatic carbocycles. The number of carbonyl (C=O) groups excluding carboxylic acids is 1. The predicted molar refractivity (Wildman–Crippen MR) is 172 cm³/mol. The first-order valence-corrected chi connectivity index (χ1v) is 17.2. The molecule has 1 saturated heterocycles. The Morgan fingerprint density at radius 1 is 1.00 bits per heavy atom. The van der Waals surface area contributed by atoms with Crippen LogP contribution in [0.15, 0.2) is 77.7 Å². The van der Waals surface area contributed by atoms with E-state index < -0.39 is 9.84 Å². The fourth-order valence-electron chi connectivity index (χ4n) is 5.70. The van der Waals surface area contributed by atoms with E-state index in [0.717, 1.165) is 57.4 Å². The van der Waals surface area contributed by atoms with E-state index in [1.54, 1.807) is 24.3 Å². The van der Waals surface area contributed by atoms with Crippen LogP contribution in [0.3, 0.4) is 0 Å². The molecule has 0 unspecified atom stereocenters. The van der Waals surface area contributed by atoms with Gasteiger partial charge < -0.3 is 9.80 Å². The molecule has 0 radical (unpaired) electrons. The van der Waals surface area contributed by atoms with E-state index in [4.69, 9.17) is 0 Å². The second kappa shape index (κ2) is 14.1. The van der Waals surface area contributed by atoms with Gasteiger partial charge in [0.2, 0.25) is 5.91 Å². The topological polar surface area (TPSA) is 57.7 Å². The van der Waals surface area contributed by atoms with Gasteiger partial charge in [0.1, 0.15) is 0 Å². The fraction of sp³-hybridized carbons (Fsp3) is 0.424. The van der Waals surface area contributed by atoms with Crippen LogP contribution in [0.5, 0.6) is 0 Å². The summed E-state index contributed by atoms with van der Waals surface area (Å²) in [6, 6.07) is 24.8. The van der Waals surface area contributed by atoms with Gasteiger partial charge in [-0.2, -0.15) is 0 Å². The van der Waals surface area contributed by atoms with E-state index >= 15 is 0 Å². The highest BCUT2D eigenvalue weighted by Gasteiger charge is 2.28. The molecule has 0 bridgehead atoms. The maximum absolute atomic E-state index is 13.3. The minimum Gasteiger partial charge on any atom is -0.339 e. The number of benzene rings is 3. The van der Waals surface area contributed by atoms with Crippen LogP contribution in [-0.4, -0.2) is 62.6 Å².